The topological polar surface area (TPSA) is 45.6 Å². The van der Waals surface area contributed by atoms with E-state index in [-0.39, 0.29) is 12.1 Å². The predicted octanol–water partition coefficient (Wildman–Crippen LogP) is 7.26. The van der Waals surface area contributed by atoms with Gasteiger partial charge in [0.25, 0.3) is 0 Å². The molecular formula is C32H34ClN5OS. The minimum absolute atomic E-state index is 0.151. The third-order valence-corrected chi connectivity index (χ3v) is 8.79. The van der Waals surface area contributed by atoms with E-state index in [1.54, 1.807) is 7.11 Å². The molecule has 0 saturated carbocycles. The quantitative estimate of drug-likeness (QED) is 0.246. The number of ether oxygens (including phenoxy) is 1. The van der Waals surface area contributed by atoms with Crippen molar-refractivity contribution < 1.29 is 4.74 Å². The van der Waals surface area contributed by atoms with Crippen LogP contribution in [0.4, 0.5) is 11.4 Å². The number of anilines is 2. The fraction of sp³-hybridized carbons (Fsp3) is 0.312. The van der Waals surface area contributed by atoms with E-state index in [2.05, 4.69) is 82.1 Å². The van der Waals surface area contributed by atoms with Crippen molar-refractivity contribution in [3.05, 3.63) is 101 Å². The van der Waals surface area contributed by atoms with Crippen LogP contribution in [0.5, 0.6) is 5.75 Å². The number of benzene rings is 2. The molecule has 2 aliphatic rings. The van der Waals surface area contributed by atoms with Crippen LogP contribution in [-0.2, 0) is 0 Å². The lowest BCUT2D eigenvalue weighted by atomic mass is 9.98. The summed E-state index contributed by atoms with van der Waals surface area (Å²) in [5.74, 6) is 1.58. The lowest BCUT2D eigenvalue weighted by molar-refractivity contribution is 0.414. The molecule has 6 rings (SSSR count). The van der Waals surface area contributed by atoms with Crippen LogP contribution < -0.4 is 19.9 Å². The van der Waals surface area contributed by atoms with Crippen LogP contribution in [0.15, 0.2) is 79.0 Å². The largest absolute Gasteiger partial charge is 0.497 e. The molecule has 0 radical (unpaired) electrons. The molecule has 2 aliphatic heterocycles. The van der Waals surface area contributed by atoms with Crippen LogP contribution in [0.2, 0.25) is 5.02 Å². The number of aryl methyl sites for hydroxylation is 1. The molecular weight excluding hydrogens is 538 g/mol. The van der Waals surface area contributed by atoms with Crippen LogP contribution in [0.3, 0.4) is 0 Å². The highest BCUT2D eigenvalue weighted by Gasteiger charge is 2.42. The second-order valence-corrected chi connectivity index (χ2v) is 11.5. The number of piperidine rings is 1. The van der Waals surface area contributed by atoms with E-state index < -0.39 is 0 Å². The van der Waals surface area contributed by atoms with Crippen LogP contribution in [0.25, 0.3) is 5.69 Å². The Morgan fingerprint density at radius 2 is 1.73 bits per heavy atom. The zero-order chi connectivity index (χ0) is 27.8. The zero-order valence-electron chi connectivity index (χ0n) is 23.0. The zero-order valence-corrected chi connectivity index (χ0v) is 24.6. The Hall–Kier alpha value is -3.55. The minimum Gasteiger partial charge on any atom is -0.497 e. The molecule has 2 aromatic heterocycles. The number of pyridine rings is 1. The summed E-state index contributed by atoms with van der Waals surface area (Å²) in [6, 6.07) is 24.6. The molecule has 2 saturated heterocycles. The summed E-state index contributed by atoms with van der Waals surface area (Å²) in [5.41, 5.74) is 6.28. The molecule has 0 bridgehead atoms. The van der Waals surface area contributed by atoms with E-state index in [4.69, 9.17) is 33.5 Å². The van der Waals surface area contributed by atoms with Crippen LogP contribution >= 0.6 is 23.8 Å². The summed E-state index contributed by atoms with van der Waals surface area (Å²) in [6.07, 6.45) is 4.21. The maximum absolute atomic E-state index is 6.97. The lowest BCUT2D eigenvalue weighted by Crippen LogP contribution is -2.33. The van der Waals surface area contributed by atoms with Crippen LogP contribution in [0, 0.1) is 12.8 Å². The van der Waals surface area contributed by atoms with Gasteiger partial charge in [0, 0.05) is 42.0 Å². The van der Waals surface area contributed by atoms with Crippen molar-refractivity contribution in [1.82, 2.24) is 14.9 Å². The fourth-order valence-corrected chi connectivity index (χ4v) is 6.60. The molecule has 0 spiro atoms. The predicted molar refractivity (Wildman–Crippen MR) is 167 cm³/mol. The molecule has 40 heavy (non-hydrogen) atoms. The number of aromatic nitrogens is 2. The molecule has 206 valence electrons. The summed E-state index contributed by atoms with van der Waals surface area (Å²) in [6.45, 7) is 6.51. The normalized spacial score (nSPS) is 19.6. The van der Waals surface area contributed by atoms with Gasteiger partial charge in [-0.1, -0.05) is 24.6 Å². The highest BCUT2D eigenvalue weighted by atomic mass is 35.5. The van der Waals surface area contributed by atoms with Crippen molar-refractivity contribution >= 4 is 40.3 Å². The molecule has 0 aliphatic carbocycles. The van der Waals surface area contributed by atoms with E-state index in [1.165, 1.54) is 12.8 Å². The third kappa shape index (κ3) is 4.93. The number of halogens is 1. The van der Waals surface area contributed by atoms with E-state index in [1.807, 2.05) is 30.5 Å². The Labute approximate surface area is 246 Å². The molecule has 8 heteroatoms. The molecule has 0 amide bonds. The number of nitrogens with zero attached hydrogens (tertiary/aromatic N) is 4. The van der Waals surface area contributed by atoms with Gasteiger partial charge in [-0.3, -0.25) is 4.98 Å². The molecule has 1 N–H and O–H groups in total. The Balaban J connectivity index is 1.44. The number of rotatable bonds is 6. The first-order valence-corrected chi connectivity index (χ1v) is 14.6. The molecule has 2 atom stereocenters. The van der Waals surface area contributed by atoms with Gasteiger partial charge < -0.3 is 24.4 Å². The van der Waals surface area contributed by atoms with Gasteiger partial charge in [0.05, 0.1) is 29.6 Å². The summed E-state index contributed by atoms with van der Waals surface area (Å²) in [4.78, 5) is 9.32. The van der Waals surface area contributed by atoms with Gasteiger partial charge in [-0.25, -0.2) is 0 Å². The summed E-state index contributed by atoms with van der Waals surface area (Å²) in [5, 5.41) is 4.98. The lowest BCUT2D eigenvalue weighted by Gasteiger charge is -2.34. The average Bonchev–Trinajstić information content (AvgIpc) is 3.53. The van der Waals surface area contributed by atoms with Gasteiger partial charge in [0.1, 0.15) is 11.8 Å². The van der Waals surface area contributed by atoms with E-state index >= 15 is 0 Å². The minimum atomic E-state index is -0.157. The van der Waals surface area contributed by atoms with Gasteiger partial charge in [0.15, 0.2) is 5.11 Å². The number of hydrogen-bond acceptors (Lipinski definition) is 4. The maximum atomic E-state index is 6.97. The Morgan fingerprint density at radius 3 is 2.40 bits per heavy atom. The second-order valence-electron chi connectivity index (χ2n) is 10.7. The first-order chi connectivity index (χ1) is 19.4. The SMILES string of the molecule is COc1ccc(-n2c(C)ccc2[C@@H]2[C@@H](c3ccccn3)NC(=S)N2c2ccc(N3CCC(C)CC3)c(Cl)c2)cc1. The van der Waals surface area contributed by atoms with Gasteiger partial charge in [0.2, 0.25) is 0 Å². The number of hydrogen-bond donors (Lipinski definition) is 1. The van der Waals surface area contributed by atoms with Crippen LogP contribution in [-0.4, -0.2) is 34.9 Å². The van der Waals surface area contributed by atoms with E-state index in [0.717, 1.165) is 63.9 Å². The molecule has 4 aromatic rings. The molecule has 6 nitrogen and oxygen atoms in total. The first-order valence-electron chi connectivity index (χ1n) is 13.8. The van der Waals surface area contributed by atoms with Crippen molar-refractivity contribution in [2.75, 3.05) is 30.0 Å². The first kappa shape index (κ1) is 26.7. The van der Waals surface area contributed by atoms with Crippen molar-refractivity contribution in [2.24, 2.45) is 5.92 Å². The highest BCUT2D eigenvalue weighted by molar-refractivity contribution is 7.80. The summed E-state index contributed by atoms with van der Waals surface area (Å²) < 4.78 is 7.70. The Kier molecular flexibility index (Phi) is 7.43. The van der Waals surface area contributed by atoms with Crippen molar-refractivity contribution in [3.8, 4) is 11.4 Å². The van der Waals surface area contributed by atoms with Crippen molar-refractivity contribution in [1.29, 1.82) is 0 Å². The molecule has 4 heterocycles. The smallest absolute Gasteiger partial charge is 0.174 e. The molecule has 2 fully saturated rings. The van der Waals surface area contributed by atoms with E-state index in [0.29, 0.717) is 5.11 Å². The Bertz CT molecular complexity index is 1500. The second kappa shape index (κ2) is 11.1. The van der Waals surface area contributed by atoms with Gasteiger partial charge in [-0.05, 0) is 105 Å². The number of thiocarbonyl (C=S) groups is 1. The standard InChI is InChI=1S/C32H34ClN5OS/c1-21-15-18-36(19-16-21)28-14-10-24(20-26(28)33)38-31(30(35-32(38)40)27-6-4-5-17-34-27)29-13-7-22(2)37(29)23-8-11-25(39-3)12-9-23/h4-14,17,20-21,30-31H,15-16,18-19H2,1-3H3,(H,35,40)/t30-,31-/m1/s1. The van der Waals surface area contributed by atoms with Gasteiger partial charge >= 0.3 is 0 Å². The van der Waals surface area contributed by atoms with Crippen molar-refractivity contribution in [2.45, 2.75) is 38.8 Å². The highest BCUT2D eigenvalue weighted by Crippen LogP contribution is 2.44. The van der Waals surface area contributed by atoms with Crippen LogP contribution in [0.1, 0.15) is 48.9 Å². The van der Waals surface area contributed by atoms with Gasteiger partial charge in [-0.15, -0.1) is 0 Å². The molecule has 0 unspecified atom stereocenters. The Morgan fingerprint density at radius 1 is 0.975 bits per heavy atom. The maximum Gasteiger partial charge on any atom is 0.174 e. The number of nitrogens with one attached hydrogen (secondary N) is 1. The van der Waals surface area contributed by atoms with Gasteiger partial charge in [-0.2, -0.15) is 0 Å². The van der Waals surface area contributed by atoms with Crippen molar-refractivity contribution in [3.63, 3.8) is 0 Å². The number of methoxy groups -OCH3 is 1. The third-order valence-electron chi connectivity index (χ3n) is 8.17. The average molecular weight is 572 g/mol. The van der Waals surface area contributed by atoms with E-state index in [9.17, 15) is 0 Å². The monoisotopic (exact) mass is 571 g/mol. The molecule has 2 aromatic carbocycles. The summed E-state index contributed by atoms with van der Waals surface area (Å²) in [7, 11) is 1.68. The fourth-order valence-electron chi connectivity index (χ4n) is 5.96. The summed E-state index contributed by atoms with van der Waals surface area (Å²) >= 11 is 13.0.